The number of nitrogens with two attached hydrogens (primary N) is 1. The Bertz CT molecular complexity index is 508. The molecule has 17 heavy (non-hydrogen) atoms. The predicted molar refractivity (Wildman–Crippen MR) is 67.4 cm³/mol. The van der Waals surface area contributed by atoms with Crippen molar-refractivity contribution in [2.75, 3.05) is 5.73 Å². The molecule has 1 heterocycles. The van der Waals surface area contributed by atoms with Crippen LogP contribution in [0.5, 0.6) is 11.6 Å². The van der Waals surface area contributed by atoms with Gasteiger partial charge in [0.25, 0.3) is 0 Å². The molecule has 5 heteroatoms. The van der Waals surface area contributed by atoms with E-state index in [2.05, 4.69) is 9.97 Å². The van der Waals surface area contributed by atoms with Gasteiger partial charge in [-0.15, -0.1) is 0 Å². The fourth-order valence-electron chi connectivity index (χ4n) is 1.31. The topological polar surface area (TPSA) is 61.0 Å². The summed E-state index contributed by atoms with van der Waals surface area (Å²) in [6.45, 7) is 3.67. The van der Waals surface area contributed by atoms with E-state index in [1.807, 2.05) is 13.8 Å². The van der Waals surface area contributed by atoms with Crippen LogP contribution in [0.3, 0.4) is 0 Å². The molecule has 0 unspecified atom stereocenters. The van der Waals surface area contributed by atoms with E-state index in [-0.39, 0.29) is 0 Å². The van der Waals surface area contributed by atoms with E-state index in [4.69, 9.17) is 22.1 Å². The minimum Gasteiger partial charge on any atom is -0.436 e. The van der Waals surface area contributed by atoms with Gasteiger partial charge in [0, 0.05) is 18.0 Å². The Morgan fingerprint density at radius 2 is 2.06 bits per heavy atom. The lowest BCUT2D eigenvalue weighted by Crippen LogP contribution is -1.97. The Balaban J connectivity index is 2.37. The lowest BCUT2D eigenvalue weighted by atomic mass is 10.3. The molecular formula is C12H12ClN3O. The number of hydrogen-bond donors (Lipinski definition) is 1. The SMILES string of the molecule is Cc1cnc(C)c(Oc2cc(N)ccc2Cl)n1. The average Bonchev–Trinajstić information content (AvgIpc) is 2.28. The summed E-state index contributed by atoms with van der Waals surface area (Å²) in [5.41, 5.74) is 7.75. The zero-order valence-electron chi connectivity index (χ0n) is 9.57. The molecule has 0 aliphatic rings. The number of benzene rings is 1. The summed E-state index contributed by atoms with van der Waals surface area (Å²) in [5, 5.41) is 0.488. The van der Waals surface area contributed by atoms with Crippen LogP contribution in [0.1, 0.15) is 11.4 Å². The van der Waals surface area contributed by atoms with Crippen LogP contribution in [-0.2, 0) is 0 Å². The first-order chi connectivity index (χ1) is 8.06. The quantitative estimate of drug-likeness (QED) is 0.831. The minimum atomic E-state index is 0.442. The summed E-state index contributed by atoms with van der Waals surface area (Å²) in [6, 6.07) is 5.06. The second-order valence-electron chi connectivity index (χ2n) is 3.69. The fourth-order valence-corrected chi connectivity index (χ4v) is 1.47. The Morgan fingerprint density at radius 1 is 1.29 bits per heavy atom. The van der Waals surface area contributed by atoms with Crippen LogP contribution in [0.15, 0.2) is 24.4 Å². The van der Waals surface area contributed by atoms with Crippen LogP contribution in [0.2, 0.25) is 5.02 Å². The third kappa shape index (κ3) is 2.65. The van der Waals surface area contributed by atoms with Gasteiger partial charge in [0.15, 0.2) is 0 Å². The number of aryl methyl sites for hydroxylation is 2. The van der Waals surface area contributed by atoms with Crippen molar-refractivity contribution in [3.63, 3.8) is 0 Å². The lowest BCUT2D eigenvalue weighted by molar-refractivity contribution is 0.454. The molecule has 1 aromatic heterocycles. The maximum absolute atomic E-state index is 6.01. The second kappa shape index (κ2) is 4.59. The van der Waals surface area contributed by atoms with Crippen LogP contribution < -0.4 is 10.5 Å². The molecule has 2 aromatic rings. The van der Waals surface area contributed by atoms with E-state index >= 15 is 0 Å². The van der Waals surface area contributed by atoms with Gasteiger partial charge in [-0.2, -0.15) is 0 Å². The maximum atomic E-state index is 6.01. The van der Waals surface area contributed by atoms with E-state index in [1.165, 1.54) is 0 Å². The van der Waals surface area contributed by atoms with Crippen molar-refractivity contribution in [2.45, 2.75) is 13.8 Å². The zero-order valence-corrected chi connectivity index (χ0v) is 10.3. The summed E-state index contributed by atoms with van der Waals surface area (Å²) < 4.78 is 5.62. The highest BCUT2D eigenvalue weighted by Gasteiger charge is 2.08. The number of anilines is 1. The first kappa shape index (κ1) is 11.7. The van der Waals surface area contributed by atoms with Gasteiger partial charge in [0.05, 0.1) is 16.4 Å². The van der Waals surface area contributed by atoms with Crippen molar-refractivity contribution in [3.8, 4) is 11.6 Å². The predicted octanol–water partition coefficient (Wildman–Crippen LogP) is 3.12. The molecule has 0 bridgehead atoms. The fraction of sp³-hybridized carbons (Fsp3) is 0.167. The Labute approximate surface area is 104 Å². The Morgan fingerprint density at radius 3 is 2.82 bits per heavy atom. The molecule has 4 nitrogen and oxygen atoms in total. The van der Waals surface area contributed by atoms with Gasteiger partial charge < -0.3 is 10.5 Å². The third-order valence-electron chi connectivity index (χ3n) is 2.19. The van der Waals surface area contributed by atoms with Gasteiger partial charge in [0.2, 0.25) is 5.88 Å². The first-order valence-electron chi connectivity index (χ1n) is 5.09. The van der Waals surface area contributed by atoms with Crippen LogP contribution in [0, 0.1) is 13.8 Å². The van der Waals surface area contributed by atoms with Crippen LogP contribution >= 0.6 is 11.6 Å². The first-order valence-corrected chi connectivity index (χ1v) is 5.47. The van der Waals surface area contributed by atoms with Crippen molar-refractivity contribution in [2.24, 2.45) is 0 Å². The number of aromatic nitrogens is 2. The number of nitrogen functional groups attached to an aromatic ring is 1. The van der Waals surface area contributed by atoms with Crippen LogP contribution in [0.25, 0.3) is 0 Å². The zero-order chi connectivity index (χ0) is 12.4. The molecule has 0 aliphatic heterocycles. The van der Waals surface area contributed by atoms with Gasteiger partial charge in [-0.25, -0.2) is 4.98 Å². The number of nitrogens with zero attached hydrogens (tertiary/aromatic N) is 2. The molecule has 0 spiro atoms. The van der Waals surface area contributed by atoms with Gasteiger partial charge in [-0.05, 0) is 26.0 Å². The van der Waals surface area contributed by atoms with Gasteiger partial charge in [-0.3, -0.25) is 4.98 Å². The van der Waals surface area contributed by atoms with Crippen molar-refractivity contribution in [1.29, 1.82) is 0 Å². The van der Waals surface area contributed by atoms with Crippen molar-refractivity contribution in [3.05, 3.63) is 40.8 Å². The summed E-state index contributed by atoms with van der Waals surface area (Å²) in [5.74, 6) is 0.923. The van der Waals surface area contributed by atoms with Crippen molar-refractivity contribution < 1.29 is 4.74 Å². The molecule has 0 saturated carbocycles. The molecular weight excluding hydrogens is 238 g/mol. The van der Waals surface area contributed by atoms with Gasteiger partial charge >= 0.3 is 0 Å². The molecule has 88 valence electrons. The molecule has 1 aromatic carbocycles. The highest BCUT2D eigenvalue weighted by Crippen LogP contribution is 2.31. The highest BCUT2D eigenvalue weighted by molar-refractivity contribution is 6.32. The minimum absolute atomic E-state index is 0.442. The van der Waals surface area contributed by atoms with E-state index in [9.17, 15) is 0 Å². The number of halogens is 1. The molecule has 0 aliphatic carbocycles. The largest absolute Gasteiger partial charge is 0.436 e. The smallest absolute Gasteiger partial charge is 0.241 e. The summed E-state index contributed by atoms with van der Waals surface area (Å²) in [4.78, 5) is 8.42. The molecule has 2 rings (SSSR count). The van der Waals surface area contributed by atoms with Crippen LogP contribution in [0.4, 0.5) is 5.69 Å². The Hall–Kier alpha value is -1.81. The summed E-state index contributed by atoms with van der Waals surface area (Å²) in [6.07, 6.45) is 1.68. The van der Waals surface area contributed by atoms with Crippen molar-refractivity contribution in [1.82, 2.24) is 9.97 Å². The van der Waals surface area contributed by atoms with Crippen LogP contribution in [-0.4, -0.2) is 9.97 Å². The summed E-state index contributed by atoms with van der Waals surface area (Å²) >= 11 is 6.01. The van der Waals surface area contributed by atoms with E-state index in [0.29, 0.717) is 28.0 Å². The number of rotatable bonds is 2. The van der Waals surface area contributed by atoms with E-state index in [0.717, 1.165) is 5.69 Å². The molecule has 0 amide bonds. The third-order valence-corrected chi connectivity index (χ3v) is 2.51. The number of ether oxygens (including phenoxy) is 1. The second-order valence-corrected chi connectivity index (χ2v) is 4.10. The lowest BCUT2D eigenvalue weighted by Gasteiger charge is -2.09. The normalized spacial score (nSPS) is 10.3. The number of hydrogen-bond acceptors (Lipinski definition) is 4. The van der Waals surface area contributed by atoms with Crippen molar-refractivity contribution >= 4 is 17.3 Å². The van der Waals surface area contributed by atoms with Gasteiger partial charge in [0.1, 0.15) is 5.75 Å². The van der Waals surface area contributed by atoms with E-state index in [1.54, 1.807) is 24.4 Å². The molecule has 2 N–H and O–H groups in total. The standard InChI is InChI=1S/C12H12ClN3O/c1-7-6-15-8(2)12(16-7)17-11-5-9(14)3-4-10(11)13/h3-6H,14H2,1-2H3. The molecule has 0 saturated heterocycles. The average molecular weight is 250 g/mol. The molecule has 0 fully saturated rings. The molecule has 0 radical (unpaired) electrons. The maximum Gasteiger partial charge on any atom is 0.241 e. The van der Waals surface area contributed by atoms with E-state index < -0.39 is 0 Å². The molecule has 0 atom stereocenters. The van der Waals surface area contributed by atoms with Gasteiger partial charge in [-0.1, -0.05) is 11.6 Å². The monoisotopic (exact) mass is 249 g/mol. The Kier molecular flexibility index (Phi) is 3.15. The highest BCUT2D eigenvalue weighted by atomic mass is 35.5. The summed E-state index contributed by atoms with van der Waals surface area (Å²) in [7, 11) is 0.